The standard InChI is InChI=1S/C40H52F2N3O2P/c1-29-14-6-8-21-35(29)39(36-22-9-7-15-30(36)2,38(47)43-28-40(41,42)48)24-10-11-25-45-26-13-18-32(23-27-45)44-37(46)34-20-12-19-33(34)31-16-4-3-5-17-31/h3-9,14-17,21-22,32-34H,10-13,18-20,23-28,48H2,1-2H3,(H,43,47)(H,44,46). The number of aryl methyl sites for hydroxylation is 2. The molecule has 2 aliphatic rings. The van der Waals surface area contributed by atoms with Crippen molar-refractivity contribution in [3.05, 3.63) is 107 Å². The third-order valence-electron chi connectivity index (χ3n) is 10.6. The molecule has 4 unspecified atom stereocenters. The molecule has 1 aliphatic carbocycles. The van der Waals surface area contributed by atoms with Crippen molar-refractivity contribution in [2.24, 2.45) is 5.92 Å². The molecule has 0 aromatic heterocycles. The summed E-state index contributed by atoms with van der Waals surface area (Å²) in [6.07, 6.45) is 8.20. The number of amides is 2. The van der Waals surface area contributed by atoms with E-state index < -0.39 is 23.5 Å². The Morgan fingerprint density at radius 2 is 1.46 bits per heavy atom. The normalized spacial score (nSPS) is 20.6. The molecule has 3 aromatic carbocycles. The van der Waals surface area contributed by atoms with Gasteiger partial charge in [-0.1, -0.05) is 101 Å². The zero-order chi connectivity index (χ0) is 34.1. The maximum Gasteiger partial charge on any atom is 0.275 e. The fraction of sp³-hybridized carbons (Fsp3) is 0.500. The number of halogens is 2. The number of carbonyl (C=O) groups excluding carboxylic acids is 2. The molecule has 2 amide bonds. The van der Waals surface area contributed by atoms with Gasteiger partial charge < -0.3 is 15.5 Å². The van der Waals surface area contributed by atoms with Gasteiger partial charge in [0.15, 0.2) is 0 Å². The van der Waals surface area contributed by atoms with Crippen LogP contribution in [-0.4, -0.2) is 54.6 Å². The van der Waals surface area contributed by atoms with Crippen LogP contribution in [0.4, 0.5) is 8.78 Å². The third kappa shape index (κ3) is 8.90. The largest absolute Gasteiger partial charge is 0.353 e. The lowest BCUT2D eigenvalue weighted by Crippen LogP contribution is -2.48. The lowest BCUT2D eigenvalue weighted by atomic mass is 9.67. The number of likely N-dealkylation sites (tertiary alicyclic amines) is 1. The number of benzene rings is 3. The Kier molecular flexibility index (Phi) is 12.4. The summed E-state index contributed by atoms with van der Waals surface area (Å²) in [6.45, 7) is 6.02. The summed E-state index contributed by atoms with van der Waals surface area (Å²) in [5, 5.41) is 6.04. The Balaban J connectivity index is 1.22. The van der Waals surface area contributed by atoms with E-state index in [0.717, 1.165) is 93.3 Å². The van der Waals surface area contributed by atoms with Gasteiger partial charge in [0.1, 0.15) is 0 Å². The van der Waals surface area contributed by atoms with Crippen LogP contribution in [0.3, 0.4) is 0 Å². The summed E-state index contributed by atoms with van der Waals surface area (Å²) >= 11 is 0. The number of carbonyl (C=O) groups is 2. The molecule has 5 rings (SSSR count). The molecule has 1 saturated heterocycles. The molecule has 8 heteroatoms. The first-order chi connectivity index (χ1) is 23.1. The summed E-state index contributed by atoms with van der Waals surface area (Å²) in [5.41, 5.74) is 0.713. The topological polar surface area (TPSA) is 61.4 Å². The van der Waals surface area contributed by atoms with E-state index in [1.165, 1.54) is 14.8 Å². The van der Waals surface area contributed by atoms with Crippen LogP contribution in [0.15, 0.2) is 78.9 Å². The highest BCUT2D eigenvalue weighted by atomic mass is 31.0. The number of hydrogen-bond acceptors (Lipinski definition) is 3. The monoisotopic (exact) mass is 675 g/mol. The lowest BCUT2D eigenvalue weighted by Gasteiger charge is -2.36. The van der Waals surface area contributed by atoms with E-state index in [-0.39, 0.29) is 17.9 Å². The maximum atomic E-state index is 14.2. The van der Waals surface area contributed by atoms with Crippen LogP contribution in [0.2, 0.25) is 0 Å². The van der Waals surface area contributed by atoms with Crippen molar-refractivity contribution in [2.75, 3.05) is 26.2 Å². The van der Waals surface area contributed by atoms with Gasteiger partial charge in [-0.3, -0.25) is 9.59 Å². The Morgan fingerprint density at radius 1 is 0.812 bits per heavy atom. The van der Waals surface area contributed by atoms with Crippen molar-refractivity contribution in [3.63, 3.8) is 0 Å². The molecule has 1 heterocycles. The summed E-state index contributed by atoms with van der Waals surface area (Å²) in [5.74, 6) is 0.173. The van der Waals surface area contributed by atoms with Gasteiger partial charge in [-0.25, -0.2) is 8.78 Å². The summed E-state index contributed by atoms with van der Waals surface area (Å²) < 4.78 is 27.9. The van der Waals surface area contributed by atoms with Gasteiger partial charge >= 0.3 is 0 Å². The van der Waals surface area contributed by atoms with E-state index in [0.29, 0.717) is 12.3 Å². The summed E-state index contributed by atoms with van der Waals surface area (Å²) in [6, 6.07) is 26.3. The van der Waals surface area contributed by atoms with Gasteiger partial charge in [0.05, 0.1) is 12.0 Å². The van der Waals surface area contributed by atoms with Crippen molar-refractivity contribution < 1.29 is 18.4 Å². The van der Waals surface area contributed by atoms with Crippen LogP contribution >= 0.6 is 9.24 Å². The zero-order valence-corrected chi connectivity index (χ0v) is 29.7. The number of nitrogens with zero attached hydrogens (tertiary/aromatic N) is 1. The van der Waals surface area contributed by atoms with Gasteiger partial charge in [-0.05, 0) is 106 Å². The number of rotatable bonds is 13. The molecule has 4 atom stereocenters. The minimum atomic E-state index is -3.09. The number of alkyl halides is 2. The van der Waals surface area contributed by atoms with Gasteiger partial charge in [0.25, 0.3) is 5.66 Å². The fourth-order valence-electron chi connectivity index (χ4n) is 8.16. The second-order valence-electron chi connectivity index (χ2n) is 14.0. The smallest absolute Gasteiger partial charge is 0.275 e. The Morgan fingerprint density at radius 3 is 2.10 bits per heavy atom. The van der Waals surface area contributed by atoms with E-state index in [9.17, 15) is 18.4 Å². The first-order valence-corrected chi connectivity index (χ1v) is 18.3. The molecule has 1 saturated carbocycles. The van der Waals surface area contributed by atoms with E-state index in [2.05, 4.69) is 39.8 Å². The molecule has 3 aromatic rings. The number of unbranched alkanes of at least 4 members (excludes halogenated alkanes) is 1. The molecule has 2 N–H and O–H groups in total. The predicted octanol–water partition coefficient (Wildman–Crippen LogP) is 7.90. The Labute approximate surface area is 287 Å². The second kappa shape index (κ2) is 16.5. The first-order valence-electron chi connectivity index (χ1n) is 17.7. The first kappa shape index (κ1) is 36.1. The van der Waals surface area contributed by atoms with Crippen LogP contribution < -0.4 is 10.6 Å². The van der Waals surface area contributed by atoms with E-state index in [1.54, 1.807) is 0 Å². The number of nitrogens with one attached hydrogen (secondary N) is 2. The SMILES string of the molecule is Cc1ccccc1C(CCCCN1CCCC(NC(=O)C2CCCC2c2ccccc2)CC1)(C(=O)NCC(F)(F)P)c1ccccc1C. The zero-order valence-electron chi connectivity index (χ0n) is 28.5. The minimum absolute atomic E-state index is 0.0491. The molecule has 0 spiro atoms. The summed E-state index contributed by atoms with van der Waals surface area (Å²) in [7, 11) is 1.53. The highest BCUT2D eigenvalue weighted by Gasteiger charge is 2.44. The highest BCUT2D eigenvalue weighted by molar-refractivity contribution is 7.18. The van der Waals surface area contributed by atoms with Crippen molar-refractivity contribution in [3.8, 4) is 0 Å². The molecule has 48 heavy (non-hydrogen) atoms. The predicted molar refractivity (Wildman–Crippen MR) is 193 cm³/mol. The number of hydrogen-bond donors (Lipinski definition) is 2. The van der Waals surface area contributed by atoms with Gasteiger partial charge in [-0.2, -0.15) is 0 Å². The van der Waals surface area contributed by atoms with E-state index >= 15 is 0 Å². The quantitative estimate of drug-likeness (QED) is 0.143. The summed E-state index contributed by atoms with van der Waals surface area (Å²) in [4.78, 5) is 30.1. The van der Waals surface area contributed by atoms with E-state index in [1.807, 2.05) is 68.4 Å². The van der Waals surface area contributed by atoms with E-state index in [4.69, 9.17) is 0 Å². The van der Waals surface area contributed by atoms with Gasteiger partial charge in [0, 0.05) is 18.5 Å². The molecular formula is C40H52F2N3O2P. The minimum Gasteiger partial charge on any atom is -0.353 e. The highest BCUT2D eigenvalue weighted by Crippen LogP contribution is 2.42. The molecule has 2 fully saturated rings. The Bertz CT molecular complexity index is 1470. The van der Waals surface area contributed by atoms with Crippen molar-refractivity contribution in [2.45, 2.75) is 94.7 Å². The average Bonchev–Trinajstić information content (AvgIpc) is 3.47. The lowest BCUT2D eigenvalue weighted by molar-refractivity contribution is -0.127. The average molecular weight is 676 g/mol. The molecule has 5 nitrogen and oxygen atoms in total. The third-order valence-corrected chi connectivity index (χ3v) is 10.8. The maximum absolute atomic E-state index is 14.2. The van der Waals surface area contributed by atoms with Crippen molar-refractivity contribution in [1.82, 2.24) is 15.5 Å². The van der Waals surface area contributed by atoms with Crippen molar-refractivity contribution >= 4 is 21.1 Å². The Hall–Kier alpha value is -3.15. The second-order valence-corrected chi connectivity index (χ2v) is 14.8. The molecule has 0 radical (unpaired) electrons. The van der Waals surface area contributed by atoms with Gasteiger partial charge in [-0.15, -0.1) is 0 Å². The fourth-order valence-corrected chi connectivity index (χ4v) is 8.26. The van der Waals surface area contributed by atoms with Gasteiger partial charge in [0.2, 0.25) is 11.8 Å². The molecule has 0 bridgehead atoms. The van der Waals surface area contributed by atoms with Crippen LogP contribution in [0, 0.1) is 19.8 Å². The molecule has 258 valence electrons. The van der Waals surface area contributed by atoms with Crippen LogP contribution in [-0.2, 0) is 15.0 Å². The van der Waals surface area contributed by atoms with Crippen LogP contribution in [0.25, 0.3) is 0 Å². The molecular weight excluding hydrogens is 623 g/mol. The van der Waals surface area contributed by atoms with Crippen molar-refractivity contribution in [1.29, 1.82) is 0 Å². The molecule has 1 aliphatic heterocycles. The van der Waals surface area contributed by atoms with Crippen LogP contribution in [0.5, 0.6) is 0 Å². The van der Waals surface area contributed by atoms with Crippen LogP contribution in [0.1, 0.15) is 91.5 Å².